The normalized spacial score (nSPS) is 12.0. The molecule has 1 N–H and O–H groups in total. The Morgan fingerprint density at radius 2 is 1.88 bits per heavy atom. The maximum absolute atomic E-state index is 12.8. The molecule has 0 radical (unpaired) electrons. The number of amides is 1. The van der Waals surface area contributed by atoms with Crippen molar-refractivity contribution >= 4 is 15.9 Å². The SMILES string of the molecule is COc1ccc(C(C)C)cc1S(=O)(=O)N(C)CC(=O)NCC(C)C. The smallest absolute Gasteiger partial charge is 0.246 e. The van der Waals surface area contributed by atoms with Gasteiger partial charge in [0.1, 0.15) is 10.6 Å². The highest BCUT2D eigenvalue weighted by Gasteiger charge is 2.27. The second kappa shape index (κ2) is 8.48. The molecule has 0 atom stereocenters. The van der Waals surface area contributed by atoms with Crippen LogP contribution >= 0.6 is 0 Å². The van der Waals surface area contributed by atoms with Gasteiger partial charge in [-0.3, -0.25) is 4.79 Å². The molecule has 0 bridgehead atoms. The number of nitrogens with one attached hydrogen (secondary N) is 1. The Labute approximate surface area is 145 Å². The molecule has 0 aliphatic heterocycles. The van der Waals surface area contributed by atoms with Gasteiger partial charge >= 0.3 is 0 Å². The summed E-state index contributed by atoms with van der Waals surface area (Å²) < 4.78 is 31.9. The molecule has 0 heterocycles. The van der Waals surface area contributed by atoms with Gasteiger partial charge in [0.05, 0.1) is 13.7 Å². The van der Waals surface area contributed by atoms with E-state index in [1.165, 1.54) is 14.2 Å². The third kappa shape index (κ3) is 5.21. The average molecular weight is 356 g/mol. The van der Waals surface area contributed by atoms with Crippen molar-refractivity contribution in [1.82, 2.24) is 9.62 Å². The van der Waals surface area contributed by atoms with Gasteiger partial charge in [-0.05, 0) is 29.5 Å². The number of benzene rings is 1. The van der Waals surface area contributed by atoms with E-state index in [1.807, 2.05) is 33.8 Å². The van der Waals surface area contributed by atoms with Crippen LogP contribution < -0.4 is 10.1 Å². The zero-order chi connectivity index (χ0) is 18.5. The molecule has 0 unspecified atom stereocenters. The standard InChI is InChI=1S/C17H28N2O4S/c1-12(2)10-18-17(20)11-19(5)24(21,22)16-9-14(13(3)4)7-8-15(16)23-6/h7-9,12-13H,10-11H2,1-6H3,(H,18,20). The molecular weight excluding hydrogens is 328 g/mol. The van der Waals surface area contributed by atoms with E-state index in [0.29, 0.717) is 12.5 Å². The molecule has 0 saturated heterocycles. The molecule has 0 aliphatic carbocycles. The fraction of sp³-hybridized carbons (Fsp3) is 0.588. The van der Waals surface area contributed by atoms with Crippen LogP contribution in [0.3, 0.4) is 0 Å². The molecule has 1 amide bonds. The molecule has 1 aromatic rings. The van der Waals surface area contributed by atoms with Crippen LogP contribution in [0, 0.1) is 5.92 Å². The maximum atomic E-state index is 12.8. The summed E-state index contributed by atoms with van der Waals surface area (Å²) in [7, 11) is -1.000. The number of rotatable bonds is 8. The van der Waals surface area contributed by atoms with Gasteiger partial charge in [-0.1, -0.05) is 33.8 Å². The van der Waals surface area contributed by atoms with Crippen molar-refractivity contribution in [3.05, 3.63) is 23.8 Å². The van der Waals surface area contributed by atoms with E-state index in [2.05, 4.69) is 5.32 Å². The van der Waals surface area contributed by atoms with Crippen molar-refractivity contribution in [1.29, 1.82) is 0 Å². The van der Waals surface area contributed by atoms with Gasteiger partial charge < -0.3 is 10.1 Å². The minimum atomic E-state index is -3.82. The lowest BCUT2D eigenvalue weighted by atomic mass is 10.0. The van der Waals surface area contributed by atoms with Crippen molar-refractivity contribution in [2.45, 2.75) is 38.5 Å². The zero-order valence-electron chi connectivity index (χ0n) is 15.3. The lowest BCUT2D eigenvalue weighted by Crippen LogP contribution is -2.39. The summed E-state index contributed by atoms with van der Waals surface area (Å²) in [5.74, 6) is 0.436. The van der Waals surface area contributed by atoms with Gasteiger partial charge in [0.2, 0.25) is 15.9 Å². The summed E-state index contributed by atoms with van der Waals surface area (Å²) in [6, 6.07) is 5.11. The van der Waals surface area contributed by atoms with Crippen LogP contribution in [-0.2, 0) is 14.8 Å². The Morgan fingerprint density at radius 1 is 1.25 bits per heavy atom. The molecule has 0 spiro atoms. The molecule has 0 aliphatic rings. The predicted molar refractivity (Wildman–Crippen MR) is 94.7 cm³/mol. The molecule has 1 aromatic carbocycles. The highest BCUT2D eigenvalue weighted by molar-refractivity contribution is 7.89. The zero-order valence-corrected chi connectivity index (χ0v) is 16.1. The van der Waals surface area contributed by atoms with Gasteiger partial charge in [0.15, 0.2) is 0 Å². The molecular formula is C17H28N2O4S. The van der Waals surface area contributed by atoms with E-state index in [9.17, 15) is 13.2 Å². The summed E-state index contributed by atoms with van der Waals surface area (Å²) in [4.78, 5) is 12.0. The molecule has 136 valence electrons. The summed E-state index contributed by atoms with van der Waals surface area (Å²) >= 11 is 0. The number of methoxy groups -OCH3 is 1. The van der Waals surface area contributed by atoms with Crippen LogP contribution in [0.25, 0.3) is 0 Å². The highest BCUT2D eigenvalue weighted by atomic mass is 32.2. The van der Waals surface area contributed by atoms with Crippen molar-refractivity contribution in [3.63, 3.8) is 0 Å². The fourth-order valence-corrected chi connectivity index (χ4v) is 3.40. The van der Waals surface area contributed by atoms with Gasteiger partial charge in [-0.15, -0.1) is 0 Å². The highest BCUT2D eigenvalue weighted by Crippen LogP contribution is 2.29. The molecule has 6 nitrogen and oxygen atoms in total. The minimum Gasteiger partial charge on any atom is -0.495 e. The Morgan fingerprint density at radius 3 is 2.38 bits per heavy atom. The number of sulfonamides is 1. The maximum Gasteiger partial charge on any atom is 0.246 e. The summed E-state index contributed by atoms with van der Waals surface area (Å²) in [6.07, 6.45) is 0. The first-order chi connectivity index (χ1) is 11.1. The summed E-state index contributed by atoms with van der Waals surface area (Å²) in [6.45, 7) is 8.21. The van der Waals surface area contributed by atoms with E-state index < -0.39 is 10.0 Å². The van der Waals surface area contributed by atoms with Crippen LogP contribution in [0.15, 0.2) is 23.1 Å². The monoisotopic (exact) mass is 356 g/mol. The predicted octanol–water partition coefficient (Wildman–Crippen LogP) is 2.21. The Kier molecular flexibility index (Phi) is 7.23. The Balaban J connectivity index is 3.05. The molecule has 7 heteroatoms. The molecule has 24 heavy (non-hydrogen) atoms. The number of hydrogen-bond donors (Lipinski definition) is 1. The van der Waals surface area contributed by atoms with Crippen LogP contribution in [0.5, 0.6) is 5.75 Å². The number of ether oxygens (including phenoxy) is 1. The fourth-order valence-electron chi connectivity index (χ4n) is 2.08. The average Bonchev–Trinajstić information content (AvgIpc) is 2.51. The van der Waals surface area contributed by atoms with Crippen molar-refractivity contribution in [2.75, 3.05) is 27.2 Å². The van der Waals surface area contributed by atoms with Gasteiger partial charge in [0, 0.05) is 13.6 Å². The van der Waals surface area contributed by atoms with E-state index in [-0.39, 0.29) is 29.0 Å². The van der Waals surface area contributed by atoms with Crippen LogP contribution in [0.2, 0.25) is 0 Å². The minimum absolute atomic E-state index is 0.0790. The van der Waals surface area contributed by atoms with E-state index >= 15 is 0 Å². The molecule has 0 aromatic heterocycles. The Hall–Kier alpha value is -1.60. The molecule has 0 saturated carbocycles. The van der Waals surface area contributed by atoms with Gasteiger partial charge in [0.25, 0.3) is 0 Å². The number of carbonyl (C=O) groups is 1. The topological polar surface area (TPSA) is 75.7 Å². The van der Waals surface area contributed by atoms with Crippen molar-refractivity contribution in [2.24, 2.45) is 5.92 Å². The molecule has 0 fully saturated rings. The largest absolute Gasteiger partial charge is 0.495 e. The van der Waals surface area contributed by atoms with Crippen LogP contribution in [0.1, 0.15) is 39.2 Å². The first-order valence-electron chi connectivity index (χ1n) is 8.00. The van der Waals surface area contributed by atoms with Crippen molar-refractivity contribution in [3.8, 4) is 5.75 Å². The lowest BCUT2D eigenvalue weighted by Gasteiger charge is -2.20. The second-order valence-electron chi connectivity index (χ2n) is 6.52. The number of hydrogen-bond acceptors (Lipinski definition) is 4. The lowest BCUT2D eigenvalue weighted by molar-refractivity contribution is -0.121. The second-order valence-corrected chi connectivity index (χ2v) is 8.54. The first-order valence-corrected chi connectivity index (χ1v) is 9.44. The van der Waals surface area contributed by atoms with E-state index in [4.69, 9.17) is 4.74 Å². The summed E-state index contributed by atoms with van der Waals surface area (Å²) in [5, 5.41) is 2.72. The van der Waals surface area contributed by atoms with Crippen LogP contribution in [0.4, 0.5) is 0 Å². The van der Waals surface area contributed by atoms with Gasteiger partial charge in [-0.2, -0.15) is 4.31 Å². The molecule has 1 rings (SSSR count). The van der Waals surface area contributed by atoms with E-state index in [0.717, 1.165) is 9.87 Å². The number of likely N-dealkylation sites (N-methyl/N-ethyl adjacent to an activating group) is 1. The van der Waals surface area contributed by atoms with Gasteiger partial charge in [-0.25, -0.2) is 8.42 Å². The third-order valence-corrected chi connectivity index (χ3v) is 5.44. The number of nitrogens with zero attached hydrogens (tertiary/aromatic N) is 1. The first kappa shape index (κ1) is 20.4. The third-order valence-electron chi connectivity index (χ3n) is 3.62. The number of carbonyl (C=O) groups excluding carboxylic acids is 1. The van der Waals surface area contributed by atoms with E-state index in [1.54, 1.807) is 12.1 Å². The van der Waals surface area contributed by atoms with Crippen molar-refractivity contribution < 1.29 is 17.9 Å². The Bertz CT molecular complexity index is 669. The summed E-state index contributed by atoms with van der Waals surface area (Å²) in [5.41, 5.74) is 0.895. The quantitative estimate of drug-likeness (QED) is 0.775. The van der Waals surface area contributed by atoms with Crippen LogP contribution in [-0.4, -0.2) is 45.9 Å².